The number of amides is 3. The molecule has 0 saturated carbocycles. The Morgan fingerprint density at radius 1 is 1.00 bits per heavy atom. The molecule has 2 aromatic rings. The lowest BCUT2D eigenvalue weighted by Crippen LogP contribution is -2.50. The van der Waals surface area contributed by atoms with Crippen LogP contribution in [0.5, 0.6) is 0 Å². The summed E-state index contributed by atoms with van der Waals surface area (Å²) in [7, 11) is 0. The van der Waals surface area contributed by atoms with E-state index in [1.165, 1.54) is 5.48 Å². The Kier molecular flexibility index (Phi) is 11.2. The molecule has 0 fully saturated rings. The first kappa shape index (κ1) is 26.3. The average molecular weight is 440 g/mol. The number of rotatable bonds is 8. The molecule has 0 saturated heterocycles. The first-order chi connectivity index (χ1) is 15.0. The van der Waals surface area contributed by atoms with Gasteiger partial charge in [0.1, 0.15) is 6.04 Å². The van der Waals surface area contributed by atoms with E-state index in [0.29, 0.717) is 16.8 Å². The van der Waals surface area contributed by atoms with Crippen molar-refractivity contribution in [3.63, 3.8) is 0 Å². The van der Waals surface area contributed by atoms with Crippen molar-refractivity contribution in [2.75, 3.05) is 25.0 Å². The van der Waals surface area contributed by atoms with E-state index in [1.807, 2.05) is 6.92 Å². The summed E-state index contributed by atoms with van der Waals surface area (Å²) in [5.74, 6) is 4.62. The molecule has 0 aliphatic heterocycles. The molecule has 7 N–H and O–H groups in total. The first-order valence-corrected chi connectivity index (χ1v) is 9.64. The normalized spacial score (nSPS) is 10.6. The van der Waals surface area contributed by atoms with Gasteiger partial charge in [-0.25, -0.2) is 5.48 Å². The van der Waals surface area contributed by atoms with Gasteiger partial charge in [-0.05, 0) is 55.1 Å². The third-order valence-electron chi connectivity index (χ3n) is 4.17. The van der Waals surface area contributed by atoms with E-state index >= 15 is 0 Å². The Bertz CT molecular complexity index is 963. The van der Waals surface area contributed by atoms with Gasteiger partial charge in [0.25, 0.3) is 11.8 Å². The Morgan fingerprint density at radius 2 is 1.56 bits per heavy atom. The van der Waals surface area contributed by atoms with Gasteiger partial charge in [0.05, 0.1) is 6.54 Å². The summed E-state index contributed by atoms with van der Waals surface area (Å²) >= 11 is 0. The summed E-state index contributed by atoms with van der Waals surface area (Å²) in [4.78, 5) is 35.3. The van der Waals surface area contributed by atoms with Crippen molar-refractivity contribution in [2.45, 2.75) is 20.4 Å². The number of nitrogens with one attached hydrogen (secondary N) is 4. The zero-order chi connectivity index (χ0) is 22.6. The van der Waals surface area contributed by atoms with E-state index in [9.17, 15) is 14.4 Å². The molecule has 170 valence electrons. The molecule has 0 radical (unpaired) electrons. The minimum atomic E-state index is -1.03. The SMILES string of the molecule is C.CCNCC(=O)Nc1ccc(C#Cc2ccc(C(=O)N[C@@H](CN)C(=O)NO)cc2)cc1. The van der Waals surface area contributed by atoms with E-state index in [0.717, 1.165) is 12.1 Å². The van der Waals surface area contributed by atoms with Crippen molar-refractivity contribution in [1.29, 1.82) is 0 Å². The van der Waals surface area contributed by atoms with Crippen molar-refractivity contribution in [3.8, 4) is 11.8 Å². The van der Waals surface area contributed by atoms with Crippen LogP contribution in [0.4, 0.5) is 5.69 Å². The fraction of sp³-hybridized carbons (Fsp3) is 0.261. The molecule has 0 unspecified atom stereocenters. The smallest absolute Gasteiger partial charge is 0.267 e. The fourth-order valence-electron chi connectivity index (χ4n) is 2.48. The van der Waals surface area contributed by atoms with Gasteiger partial charge in [-0.1, -0.05) is 26.2 Å². The van der Waals surface area contributed by atoms with Gasteiger partial charge in [-0.3, -0.25) is 19.6 Å². The molecular weight excluding hydrogens is 410 g/mol. The van der Waals surface area contributed by atoms with Gasteiger partial charge < -0.3 is 21.7 Å². The lowest BCUT2D eigenvalue weighted by atomic mass is 10.1. The lowest BCUT2D eigenvalue weighted by molar-refractivity contribution is -0.130. The Morgan fingerprint density at radius 3 is 2.06 bits per heavy atom. The van der Waals surface area contributed by atoms with Crippen molar-refractivity contribution in [3.05, 3.63) is 65.2 Å². The number of carbonyl (C=O) groups is 3. The van der Waals surface area contributed by atoms with E-state index in [1.54, 1.807) is 48.5 Å². The second-order valence-electron chi connectivity index (χ2n) is 6.47. The number of hydroxylamine groups is 1. The quantitative estimate of drug-likeness (QED) is 0.204. The molecule has 32 heavy (non-hydrogen) atoms. The number of benzene rings is 2. The zero-order valence-electron chi connectivity index (χ0n) is 17.1. The summed E-state index contributed by atoms with van der Waals surface area (Å²) in [6, 6.07) is 12.6. The van der Waals surface area contributed by atoms with Gasteiger partial charge in [0.15, 0.2) is 0 Å². The molecule has 0 heterocycles. The number of carbonyl (C=O) groups excluding carboxylic acids is 3. The maximum absolute atomic E-state index is 12.2. The molecule has 0 spiro atoms. The van der Waals surface area contributed by atoms with Crippen LogP contribution < -0.4 is 27.2 Å². The monoisotopic (exact) mass is 439 g/mol. The molecule has 9 heteroatoms. The molecule has 2 rings (SSSR count). The van der Waals surface area contributed by atoms with E-state index < -0.39 is 17.9 Å². The van der Waals surface area contributed by atoms with Crippen LogP contribution in [0.15, 0.2) is 48.5 Å². The molecular formula is C23H29N5O4. The van der Waals surface area contributed by atoms with E-state index in [2.05, 4.69) is 27.8 Å². The van der Waals surface area contributed by atoms with Gasteiger partial charge in [0.2, 0.25) is 5.91 Å². The second kappa shape index (κ2) is 13.6. The molecule has 9 nitrogen and oxygen atoms in total. The van der Waals surface area contributed by atoms with Crippen LogP contribution in [0.25, 0.3) is 0 Å². The van der Waals surface area contributed by atoms with Crippen LogP contribution in [-0.4, -0.2) is 48.6 Å². The fourth-order valence-corrected chi connectivity index (χ4v) is 2.48. The number of hydrogen-bond acceptors (Lipinski definition) is 6. The Balaban J connectivity index is 0.00000512. The summed E-state index contributed by atoms with van der Waals surface area (Å²) in [6.45, 7) is 2.76. The highest BCUT2D eigenvalue weighted by molar-refractivity contribution is 5.97. The Labute approximate surface area is 187 Å². The average Bonchev–Trinajstić information content (AvgIpc) is 2.80. The number of likely N-dealkylation sites (N-methyl/N-ethyl adjacent to an activating group) is 1. The standard InChI is InChI=1S/C22H25N5O4.CH4/c1-2-24-14-20(28)25-18-11-7-16(8-12-18)4-3-15-5-9-17(10-6-15)21(29)26-19(13-23)22(30)27-31;/h5-12,19,24,31H,2,13-14,23H2,1H3,(H,25,28)(H,26,29)(H,27,30);1H4/t19-;/m0./s1. The summed E-state index contributed by atoms with van der Waals surface area (Å²) in [6.07, 6.45) is 0. The van der Waals surface area contributed by atoms with Crippen LogP contribution in [-0.2, 0) is 9.59 Å². The van der Waals surface area contributed by atoms with Crippen molar-refractivity contribution in [1.82, 2.24) is 16.1 Å². The van der Waals surface area contributed by atoms with E-state index in [-0.39, 0.29) is 26.4 Å². The maximum atomic E-state index is 12.2. The highest BCUT2D eigenvalue weighted by atomic mass is 16.5. The first-order valence-electron chi connectivity index (χ1n) is 9.64. The van der Waals surface area contributed by atoms with Crippen LogP contribution >= 0.6 is 0 Å². The minimum absolute atomic E-state index is 0. The van der Waals surface area contributed by atoms with Crippen LogP contribution in [0.1, 0.15) is 35.8 Å². The lowest BCUT2D eigenvalue weighted by Gasteiger charge is -2.14. The van der Waals surface area contributed by atoms with Gasteiger partial charge in [-0.2, -0.15) is 0 Å². The molecule has 1 atom stereocenters. The van der Waals surface area contributed by atoms with Crippen molar-refractivity contribution < 1.29 is 19.6 Å². The third-order valence-corrected chi connectivity index (χ3v) is 4.17. The molecule has 2 aromatic carbocycles. The molecule has 3 amide bonds. The van der Waals surface area contributed by atoms with Crippen molar-refractivity contribution in [2.24, 2.45) is 5.73 Å². The van der Waals surface area contributed by atoms with Crippen LogP contribution in [0.3, 0.4) is 0 Å². The predicted octanol–water partition coefficient (Wildman–Crippen LogP) is 0.833. The molecule has 0 aromatic heterocycles. The summed E-state index contributed by atoms with van der Waals surface area (Å²) < 4.78 is 0. The number of nitrogens with two attached hydrogens (primary N) is 1. The highest BCUT2D eigenvalue weighted by Crippen LogP contribution is 2.09. The maximum Gasteiger partial charge on any atom is 0.267 e. The third kappa shape index (κ3) is 8.20. The minimum Gasteiger partial charge on any atom is -0.339 e. The van der Waals surface area contributed by atoms with Crippen LogP contribution in [0, 0.1) is 11.8 Å². The van der Waals surface area contributed by atoms with Crippen molar-refractivity contribution >= 4 is 23.4 Å². The molecule has 0 aliphatic rings. The Hall–Kier alpha value is -3.71. The van der Waals surface area contributed by atoms with Crippen LogP contribution in [0.2, 0.25) is 0 Å². The van der Waals surface area contributed by atoms with Gasteiger partial charge in [-0.15, -0.1) is 0 Å². The zero-order valence-corrected chi connectivity index (χ0v) is 17.1. The van der Waals surface area contributed by atoms with Gasteiger partial charge in [0, 0.05) is 28.9 Å². The largest absolute Gasteiger partial charge is 0.339 e. The van der Waals surface area contributed by atoms with Gasteiger partial charge >= 0.3 is 0 Å². The molecule has 0 aliphatic carbocycles. The number of hydrogen-bond donors (Lipinski definition) is 6. The predicted molar refractivity (Wildman–Crippen MR) is 123 cm³/mol. The summed E-state index contributed by atoms with van der Waals surface area (Å²) in [5.41, 5.74) is 9.36. The highest BCUT2D eigenvalue weighted by Gasteiger charge is 2.19. The topological polar surface area (TPSA) is 146 Å². The van der Waals surface area contributed by atoms with E-state index in [4.69, 9.17) is 10.9 Å². The second-order valence-corrected chi connectivity index (χ2v) is 6.47. The summed E-state index contributed by atoms with van der Waals surface area (Å²) in [5, 5.41) is 16.8. The number of anilines is 1. The molecule has 0 bridgehead atoms.